The van der Waals surface area contributed by atoms with Crippen LogP contribution in [0.2, 0.25) is 0 Å². The van der Waals surface area contributed by atoms with Gasteiger partial charge < -0.3 is 10.3 Å². The molecule has 1 fully saturated rings. The number of hydrogen-bond acceptors (Lipinski definition) is 4. The molecule has 0 spiro atoms. The van der Waals surface area contributed by atoms with Gasteiger partial charge in [-0.15, -0.1) is 0 Å². The first-order valence-electron chi connectivity index (χ1n) is 6.71. The van der Waals surface area contributed by atoms with Gasteiger partial charge in [0.1, 0.15) is 11.9 Å². The van der Waals surface area contributed by atoms with E-state index in [1.54, 1.807) is 12.4 Å². The fourth-order valence-electron chi connectivity index (χ4n) is 2.42. The molecule has 2 N–H and O–H groups in total. The number of amides is 1. The second kappa shape index (κ2) is 6.36. The minimum atomic E-state index is -3.33. The van der Waals surface area contributed by atoms with Crippen molar-refractivity contribution in [3.63, 3.8) is 0 Å². The number of nitrogens with one attached hydrogen (secondary N) is 2. The van der Waals surface area contributed by atoms with Gasteiger partial charge >= 0.3 is 0 Å². The topological polar surface area (TPSA) is 95.2 Å². The zero-order chi connectivity index (χ0) is 14.6. The van der Waals surface area contributed by atoms with E-state index in [-0.39, 0.29) is 5.91 Å². The molecule has 0 aliphatic carbocycles. The standard InChI is InChI=1S/C12H20N4O3S/c1-20(18,19)16-9-3-2-4-10(16)12(17)15-6-5-11-13-7-8-14-11/h7-8,10H,2-6,9H2,1H3,(H,13,14)(H,15,17). The van der Waals surface area contributed by atoms with Crippen LogP contribution in [-0.2, 0) is 21.2 Å². The first-order chi connectivity index (χ1) is 9.48. The van der Waals surface area contributed by atoms with Crippen molar-refractivity contribution in [3.05, 3.63) is 18.2 Å². The minimum Gasteiger partial charge on any atom is -0.354 e. The van der Waals surface area contributed by atoms with E-state index < -0.39 is 16.1 Å². The molecule has 1 aromatic rings. The van der Waals surface area contributed by atoms with E-state index in [1.807, 2.05) is 0 Å². The highest BCUT2D eigenvalue weighted by Gasteiger charge is 2.34. The molecule has 7 nitrogen and oxygen atoms in total. The number of rotatable bonds is 5. The van der Waals surface area contributed by atoms with Crippen molar-refractivity contribution in [2.45, 2.75) is 31.7 Å². The minimum absolute atomic E-state index is 0.221. The summed E-state index contributed by atoms with van der Waals surface area (Å²) in [7, 11) is -3.33. The van der Waals surface area contributed by atoms with Gasteiger partial charge in [-0.05, 0) is 12.8 Å². The molecule has 20 heavy (non-hydrogen) atoms. The van der Waals surface area contributed by atoms with Crippen LogP contribution in [0.1, 0.15) is 25.1 Å². The number of aromatic nitrogens is 2. The lowest BCUT2D eigenvalue weighted by molar-refractivity contribution is -0.125. The van der Waals surface area contributed by atoms with E-state index in [4.69, 9.17) is 0 Å². The summed E-state index contributed by atoms with van der Waals surface area (Å²) >= 11 is 0. The summed E-state index contributed by atoms with van der Waals surface area (Å²) < 4.78 is 24.7. The average molecular weight is 300 g/mol. The quantitative estimate of drug-likeness (QED) is 0.792. The van der Waals surface area contributed by atoms with Gasteiger partial charge in [0, 0.05) is 31.9 Å². The maximum atomic E-state index is 12.1. The van der Waals surface area contributed by atoms with Gasteiger partial charge in [-0.2, -0.15) is 4.31 Å². The van der Waals surface area contributed by atoms with Crippen molar-refractivity contribution in [2.75, 3.05) is 19.3 Å². The highest BCUT2D eigenvalue weighted by Crippen LogP contribution is 2.19. The maximum Gasteiger partial charge on any atom is 0.238 e. The van der Waals surface area contributed by atoms with Crippen molar-refractivity contribution in [1.82, 2.24) is 19.6 Å². The Morgan fingerprint density at radius 1 is 1.55 bits per heavy atom. The summed E-state index contributed by atoms with van der Waals surface area (Å²) in [6.07, 6.45) is 7.41. The molecule has 0 aromatic carbocycles. The molecule has 2 heterocycles. The third-order valence-corrected chi connectivity index (χ3v) is 4.69. The molecule has 1 unspecified atom stereocenters. The highest BCUT2D eigenvalue weighted by atomic mass is 32.2. The lowest BCUT2D eigenvalue weighted by atomic mass is 10.0. The molecule has 1 amide bonds. The van der Waals surface area contributed by atoms with Crippen LogP contribution in [0.5, 0.6) is 0 Å². The van der Waals surface area contributed by atoms with Crippen LogP contribution in [0.15, 0.2) is 12.4 Å². The van der Waals surface area contributed by atoms with Gasteiger partial charge in [0.25, 0.3) is 0 Å². The summed E-state index contributed by atoms with van der Waals surface area (Å²) in [5, 5.41) is 2.79. The molecule has 0 bridgehead atoms. The van der Waals surface area contributed by atoms with Crippen molar-refractivity contribution < 1.29 is 13.2 Å². The molecule has 1 aliphatic rings. The lowest BCUT2D eigenvalue weighted by Crippen LogP contribution is -2.51. The maximum absolute atomic E-state index is 12.1. The zero-order valence-corrected chi connectivity index (χ0v) is 12.3. The Kier molecular flexibility index (Phi) is 4.77. The smallest absolute Gasteiger partial charge is 0.238 e. The predicted octanol–water partition coefficient (Wildman–Crippen LogP) is -0.117. The zero-order valence-electron chi connectivity index (χ0n) is 11.5. The van der Waals surface area contributed by atoms with E-state index in [0.29, 0.717) is 25.9 Å². The fourth-order valence-corrected chi connectivity index (χ4v) is 3.54. The molecule has 0 saturated carbocycles. The van der Waals surface area contributed by atoms with Crippen molar-refractivity contribution in [2.24, 2.45) is 0 Å². The Labute approximate surface area is 118 Å². The Morgan fingerprint density at radius 2 is 2.35 bits per heavy atom. The van der Waals surface area contributed by atoms with Gasteiger partial charge in [0.2, 0.25) is 15.9 Å². The van der Waals surface area contributed by atoms with E-state index in [2.05, 4.69) is 15.3 Å². The molecular formula is C12H20N4O3S. The number of carbonyl (C=O) groups is 1. The summed E-state index contributed by atoms with van der Waals surface area (Å²) in [5.74, 6) is 0.579. The predicted molar refractivity (Wildman–Crippen MR) is 74.5 cm³/mol. The average Bonchev–Trinajstić information content (AvgIpc) is 2.91. The molecule has 2 rings (SSSR count). The SMILES string of the molecule is CS(=O)(=O)N1CCCCC1C(=O)NCCc1ncc[nH]1. The number of hydrogen-bond donors (Lipinski definition) is 2. The van der Waals surface area contributed by atoms with Gasteiger partial charge in [-0.25, -0.2) is 13.4 Å². The van der Waals surface area contributed by atoms with Crippen molar-refractivity contribution in [1.29, 1.82) is 0 Å². The molecule has 112 valence electrons. The summed E-state index contributed by atoms with van der Waals surface area (Å²) in [6.45, 7) is 0.871. The number of imidazole rings is 1. The molecule has 8 heteroatoms. The molecule has 1 saturated heterocycles. The van der Waals surface area contributed by atoms with Crippen LogP contribution in [0.25, 0.3) is 0 Å². The third kappa shape index (κ3) is 3.80. The van der Waals surface area contributed by atoms with Gasteiger partial charge in [0.15, 0.2) is 0 Å². The van der Waals surface area contributed by atoms with Crippen LogP contribution in [0.3, 0.4) is 0 Å². The Balaban J connectivity index is 1.89. The normalized spacial score (nSPS) is 20.8. The van der Waals surface area contributed by atoms with E-state index >= 15 is 0 Å². The summed E-state index contributed by atoms with van der Waals surface area (Å²) in [5.41, 5.74) is 0. The van der Waals surface area contributed by atoms with E-state index in [0.717, 1.165) is 24.9 Å². The molecule has 1 atom stereocenters. The lowest BCUT2D eigenvalue weighted by Gasteiger charge is -2.32. The van der Waals surface area contributed by atoms with Crippen molar-refractivity contribution in [3.8, 4) is 0 Å². The molecular weight excluding hydrogens is 280 g/mol. The van der Waals surface area contributed by atoms with Crippen LogP contribution >= 0.6 is 0 Å². The third-order valence-electron chi connectivity index (χ3n) is 3.40. The summed E-state index contributed by atoms with van der Waals surface area (Å²) in [6, 6.07) is -0.574. The van der Waals surface area contributed by atoms with Gasteiger partial charge in [0.05, 0.1) is 6.26 Å². The van der Waals surface area contributed by atoms with E-state index in [1.165, 1.54) is 4.31 Å². The number of H-pyrrole nitrogens is 1. The second-order valence-corrected chi connectivity index (χ2v) is 6.90. The fraction of sp³-hybridized carbons (Fsp3) is 0.667. The van der Waals surface area contributed by atoms with Crippen LogP contribution in [0, 0.1) is 0 Å². The van der Waals surface area contributed by atoms with Crippen molar-refractivity contribution >= 4 is 15.9 Å². The Hall–Kier alpha value is -1.41. The monoisotopic (exact) mass is 300 g/mol. The molecule has 1 aliphatic heterocycles. The molecule has 0 radical (unpaired) electrons. The van der Waals surface area contributed by atoms with Gasteiger partial charge in [-0.1, -0.05) is 6.42 Å². The number of piperidine rings is 1. The Bertz CT molecular complexity index is 541. The number of carbonyl (C=O) groups excluding carboxylic acids is 1. The number of nitrogens with zero attached hydrogens (tertiary/aromatic N) is 2. The van der Waals surface area contributed by atoms with Crippen LogP contribution in [0.4, 0.5) is 0 Å². The number of aromatic amines is 1. The van der Waals surface area contributed by atoms with Crippen LogP contribution < -0.4 is 5.32 Å². The largest absolute Gasteiger partial charge is 0.354 e. The highest BCUT2D eigenvalue weighted by molar-refractivity contribution is 7.88. The number of sulfonamides is 1. The summed E-state index contributed by atoms with van der Waals surface area (Å²) in [4.78, 5) is 19.2. The molecule has 1 aromatic heterocycles. The Morgan fingerprint density at radius 3 is 3.00 bits per heavy atom. The van der Waals surface area contributed by atoms with Gasteiger partial charge in [-0.3, -0.25) is 4.79 Å². The van der Waals surface area contributed by atoms with E-state index in [9.17, 15) is 13.2 Å². The van der Waals surface area contributed by atoms with Crippen LogP contribution in [-0.4, -0.2) is 54.0 Å². The second-order valence-electron chi connectivity index (χ2n) is 4.96. The first-order valence-corrected chi connectivity index (χ1v) is 8.56. The first kappa shape index (κ1) is 15.0.